The second kappa shape index (κ2) is 8.56. The lowest BCUT2D eigenvalue weighted by atomic mass is 10.0. The summed E-state index contributed by atoms with van der Waals surface area (Å²) in [5.74, 6) is -0.208. The molecule has 2 N–H and O–H groups in total. The minimum absolute atomic E-state index is 0.0239. The first-order valence-electron chi connectivity index (χ1n) is 10.9. The third-order valence-electron chi connectivity index (χ3n) is 6.40. The van der Waals surface area contributed by atoms with Gasteiger partial charge in [-0.3, -0.25) is 9.69 Å². The first-order chi connectivity index (χ1) is 15.5. The Hall–Kier alpha value is -2.90. The Morgan fingerprint density at radius 3 is 2.88 bits per heavy atom. The third-order valence-corrected chi connectivity index (χ3v) is 6.69. The van der Waals surface area contributed by atoms with Gasteiger partial charge >= 0.3 is 0 Å². The van der Waals surface area contributed by atoms with Crippen molar-refractivity contribution in [2.75, 3.05) is 32.0 Å². The molecule has 166 valence electrons. The largest absolute Gasteiger partial charge is 0.355 e. The minimum Gasteiger partial charge on any atom is -0.355 e. The maximum atomic E-state index is 13.5. The fourth-order valence-corrected chi connectivity index (χ4v) is 4.77. The van der Waals surface area contributed by atoms with Gasteiger partial charge in [0.25, 0.3) is 0 Å². The number of nitrogens with one attached hydrogen (secondary N) is 2. The van der Waals surface area contributed by atoms with Gasteiger partial charge in [-0.25, -0.2) is 9.37 Å². The highest BCUT2D eigenvalue weighted by Gasteiger charge is 2.32. The molecule has 2 aromatic heterocycles. The fourth-order valence-electron chi connectivity index (χ4n) is 4.59. The molecular formula is C24H25ClFN5O. The summed E-state index contributed by atoms with van der Waals surface area (Å²) in [7, 11) is 2.03. The van der Waals surface area contributed by atoms with E-state index in [1.807, 2.05) is 18.0 Å². The van der Waals surface area contributed by atoms with E-state index < -0.39 is 5.82 Å². The summed E-state index contributed by atoms with van der Waals surface area (Å²) < 4.78 is 13.5. The number of amides is 1. The fraction of sp³-hybridized carbons (Fsp3) is 0.333. The molecule has 1 saturated heterocycles. The van der Waals surface area contributed by atoms with Gasteiger partial charge in [-0.05, 0) is 68.8 Å². The number of anilines is 2. The van der Waals surface area contributed by atoms with Crippen LogP contribution in [0.5, 0.6) is 0 Å². The summed E-state index contributed by atoms with van der Waals surface area (Å²) in [6.45, 7) is 2.34. The van der Waals surface area contributed by atoms with E-state index in [1.165, 1.54) is 11.6 Å². The molecule has 2 aliphatic heterocycles. The molecule has 32 heavy (non-hydrogen) atoms. The normalized spacial score (nSPS) is 19.4. The van der Waals surface area contributed by atoms with Gasteiger partial charge in [0.2, 0.25) is 5.91 Å². The summed E-state index contributed by atoms with van der Waals surface area (Å²) in [4.78, 5) is 24.8. The number of hydrogen-bond acceptors (Lipinski definition) is 4. The number of aromatic nitrogens is 2. The van der Waals surface area contributed by atoms with Gasteiger partial charge in [-0.15, -0.1) is 0 Å². The number of carbonyl (C=O) groups is 1. The molecule has 0 spiro atoms. The number of likely N-dealkylation sites (tertiary alicyclic amines) is 1. The number of H-pyrrole nitrogens is 1. The smallest absolute Gasteiger partial charge is 0.240 e. The summed E-state index contributed by atoms with van der Waals surface area (Å²) >= 11 is 5.92. The standard InChI is InChI=1S/C24H25ClFN5O/c1-30-10-2-3-22(30)24(32)31-11-7-15(8-12-31)21-14-17-20(6-9-27-23(17)29-21)28-16-4-5-19(26)18(25)13-16/h4-7,9,13-14,22H,2-3,8,10-12H2,1H3,(H2,27,28,29)/t22-/m0/s1. The van der Waals surface area contributed by atoms with E-state index in [2.05, 4.69) is 32.3 Å². The van der Waals surface area contributed by atoms with E-state index in [1.54, 1.807) is 18.3 Å². The topological polar surface area (TPSA) is 64.3 Å². The van der Waals surface area contributed by atoms with Gasteiger partial charge in [0.05, 0.1) is 16.8 Å². The summed E-state index contributed by atoms with van der Waals surface area (Å²) in [6.07, 6.45) is 6.69. The predicted octanol–water partition coefficient (Wildman–Crippen LogP) is 4.81. The van der Waals surface area contributed by atoms with Crippen LogP contribution in [-0.4, -0.2) is 58.4 Å². The molecule has 4 heterocycles. The van der Waals surface area contributed by atoms with Crippen LogP contribution in [0.25, 0.3) is 16.6 Å². The average molecular weight is 454 g/mol. The number of nitrogens with zero attached hydrogens (tertiary/aromatic N) is 3. The summed E-state index contributed by atoms with van der Waals surface area (Å²) in [6, 6.07) is 8.53. The molecule has 1 amide bonds. The SMILES string of the molecule is CN1CCC[C@H]1C(=O)N1CC=C(c2cc3c(Nc4ccc(F)c(Cl)c4)ccnc3[nH]2)CC1. The zero-order valence-electron chi connectivity index (χ0n) is 17.9. The van der Waals surface area contributed by atoms with Gasteiger partial charge in [-0.2, -0.15) is 0 Å². The van der Waals surface area contributed by atoms with Crippen molar-refractivity contribution in [1.82, 2.24) is 19.8 Å². The highest BCUT2D eigenvalue weighted by molar-refractivity contribution is 6.31. The van der Waals surface area contributed by atoms with Crippen molar-refractivity contribution >= 4 is 45.5 Å². The molecule has 0 saturated carbocycles. The molecule has 0 bridgehead atoms. The Morgan fingerprint density at radius 1 is 1.28 bits per heavy atom. The molecule has 1 atom stereocenters. The van der Waals surface area contributed by atoms with Gasteiger partial charge < -0.3 is 15.2 Å². The van der Waals surface area contributed by atoms with Crippen molar-refractivity contribution in [1.29, 1.82) is 0 Å². The molecular weight excluding hydrogens is 429 g/mol. The second-order valence-corrected chi connectivity index (χ2v) is 8.87. The zero-order chi connectivity index (χ0) is 22.2. The van der Waals surface area contributed by atoms with Crippen molar-refractivity contribution in [3.05, 3.63) is 59.1 Å². The van der Waals surface area contributed by atoms with Gasteiger partial charge in [0.15, 0.2) is 0 Å². The molecule has 1 fully saturated rings. The van der Waals surface area contributed by atoms with Crippen LogP contribution in [0.2, 0.25) is 5.02 Å². The van der Waals surface area contributed by atoms with Crippen molar-refractivity contribution < 1.29 is 9.18 Å². The van der Waals surface area contributed by atoms with Crippen molar-refractivity contribution in [2.24, 2.45) is 0 Å². The van der Waals surface area contributed by atoms with Crippen molar-refractivity contribution in [3.8, 4) is 0 Å². The Labute approximate surface area is 191 Å². The quantitative estimate of drug-likeness (QED) is 0.595. The van der Waals surface area contributed by atoms with E-state index in [0.717, 1.165) is 54.8 Å². The lowest BCUT2D eigenvalue weighted by Crippen LogP contribution is -2.45. The summed E-state index contributed by atoms with van der Waals surface area (Å²) in [5.41, 5.74) is 4.52. The Morgan fingerprint density at radius 2 is 2.16 bits per heavy atom. The lowest BCUT2D eigenvalue weighted by molar-refractivity contribution is -0.135. The molecule has 0 aliphatic carbocycles. The number of rotatable bonds is 4. The third kappa shape index (κ3) is 3.98. The van der Waals surface area contributed by atoms with E-state index in [-0.39, 0.29) is 17.0 Å². The molecule has 5 rings (SSSR count). The zero-order valence-corrected chi connectivity index (χ0v) is 18.6. The molecule has 2 aliphatic rings. The predicted molar refractivity (Wildman–Crippen MR) is 126 cm³/mol. The van der Waals surface area contributed by atoms with Crippen molar-refractivity contribution in [3.63, 3.8) is 0 Å². The van der Waals surface area contributed by atoms with E-state index >= 15 is 0 Å². The number of likely N-dealkylation sites (N-methyl/N-ethyl adjacent to an activating group) is 1. The number of hydrogen-bond donors (Lipinski definition) is 2. The monoisotopic (exact) mass is 453 g/mol. The number of pyridine rings is 1. The minimum atomic E-state index is -0.447. The molecule has 1 aromatic carbocycles. The van der Waals surface area contributed by atoms with Crippen LogP contribution in [0.3, 0.4) is 0 Å². The molecule has 6 nitrogen and oxygen atoms in total. The van der Waals surface area contributed by atoms with E-state index in [9.17, 15) is 9.18 Å². The van der Waals surface area contributed by atoms with Crippen LogP contribution in [0.15, 0.2) is 42.6 Å². The van der Waals surface area contributed by atoms with Gasteiger partial charge in [0.1, 0.15) is 11.5 Å². The Kier molecular flexibility index (Phi) is 5.61. The maximum absolute atomic E-state index is 13.5. The first-order valence-corrected chi connectivity index (χ1v) is 11.3. The highest BCUT2D eigenvalue weighted by Crippen LogP contribution is 2.31. The number of fused-ring (bicyclic) bond motifs is 1. The van der Waals surface area contributed by atoms with Crippen LogP contribution >= 0.6 is 11.6 Å². The molecule has 0 radical (unpaired) electrons. The Balaban J connectivity index is 1.35. The number of aromatic amines is 1. The Bertz CT molecular complexity index is 1210. The van der Waals surface area contributed by atoms with Crippen LogP contribution in [0.1, 0.15) is 25.0 Å². The number of benzene rings is 1. The van der Waals surface area contributed by atoms with Crippen LogP contribution in [-0.2, 0) is 4.79 Å². The average Bonchev–Trinajstić information content (AvgIpc) is 3.43. The first kappa shape index (κ1) is 21.0. The van der Waals surface area contributed by atoms with Gasteiger partial charge in [-0.1, -0.05) is 17.7 Å². The molecule has 3 aromatic rings. The molecule has 0 unspecified atom stereocenters. The van der Waals surface area contributed by atoms with E-state index in [4.69, 9.17) is 11.6 Å². The number of halogens is 2. The van der Waals surface area contributed by atoms with Crippen LogP contribution < -0.4 is 5.32 Å². The number of carbonyl (C=O) groups excluding carboxylic acids is 1. The van der Waals surface area contributed by atoms with E-state index in [0.29, 0.717) is 12.2 Å². The molecule has 8 heteroatoms. The van der Waals surface area contributed by atoms with Crippen LogP contribution in [0.4, 0.5) is 15.8 Å². The maximum Gasteiger partial charge on any atom is 0.240 e. The van der Waals surface area contributed by atoms with Gasteiger partial charge in [0, 0.05) is 36.1 Å². The lowest BCUT2D eigenvalue weighted by Gasteiger charge is -2.30. The van der Waals surface area contributed by atoms with Crippen molar-refractivity contribution in [2.45, 2.75) is 25.3 Å². The summed E-state index contributed by atoms with van der Waals surface area (Å²) in [5, 5.41) is 4.31. The highest BCUT2D eigenvalue weighted by atomic mass is 35.5. The van der Waals surface area contributed by atoms with Crippen LogP contribution in [0, 0.1) is 5.82 Å². The second-order valence-electron chi connectivity index (χ2n) is 8.46.